The highest BCUT2D eigenvalue weighted by atomic mass is 19.2. The number of carbonyl (C=O) groups is 2. The predicted octanol–water partition coefficient (Wildman–Crippen LogP) is 3.75. The van der Waals surface area contributed by atoms with Gasteiger partial charge in [-0.1, -0.05) is 29.8 Å². The molecule has 0 saturated heterocycles. The molecule has 2 aromatic carbocycles. The SMILES string of the molecule is Cc1ccc(/C=C(\C#N)C(=O)O[C@H](C)C(=O)Nc2ccc(F)c(F)c2)cc1. The minimum Gasteiger partial charge on any atom is -0.448 e. The van der Waals surface area contributed by atoms with Crippen molar-refractivity contribution in [3.63, 3.8) is 0 Å². The van der Waals surface area contributed by atoms with Crippen molar-refractivity contribution < 1.29 is 23.1 Å². The highest BCUT2D eigenvalue weighted by molar-refractivity contribution is 6.01. The third-order valence-electron chi connectivity index (χ3n) is 3.57. The van der Waals surface area contributed by atoms with E-state index in [1.54, 1.807) is 18.2 Å². The molecule has 2 rings (SSSR count). The van der Waals surface area contributed by atoms with Gasteiger partial charge in [-0.15, -0.1) is 0 Å². The first-order valence-electron chi connectivity index (χ1n) is 7.95. The van der Waals surface area contributed by atoms with Gasteiger partial charge in [0.15, 0.2) is 17.7 Å². The van der Waals surface area contributed by atoms with Crippen LogP contribution < -0.4 is 5.32 Å². The number of aryl methyl sites for hydroxylation is 1. The first kappa shape index (κ1) is 19.8. The van der Waals surface area contributed by atoms with Gasteiger partial charge in [0.1, 0.15) is 11.6 Å². The Morgan fingerprint density at radius 1 is 1.15 bits per heavy atom. The molecule has 0 bridgehead atoms. The number of hydrogen-bond donors (Lipinski definition) is 1. The van der Waals surface area contributed by atoms with Crippen LogP contribution in [0.25, 0.3) is 6.08 Å². The molecule has 1 amide bonds. The van der Waals surface area contributed by atoms with Gasteiger partial charge in [-0.2, -0.15) is 5.26 Å². The number of esters is 1. The van der Waals surface area contributed by atoms with E-state index < -0.39 is 29.6 Å². The van der Waals surface area contributed by atoms with Crippen molar-refractivity contribution in [1.82, 2.24) is 0 Å². The molecule has 1 atom stereocenters. The van der Waals surface area contributed by atoms with Crippen LogP contribution in [0.2, 0.25) is 0 Å². The van der Waals surface area contributed by atoms with E-state index >= 15 is 0 Å². The van der Waals surface area contributed by atoms with Gasteiger partial charge in [-0.25, -0.2) is 13.6 Å². The van der Waals surface area contributed by atoms with Crippen LogP contribution in [-0.4, -0.2) is 18.0 Å². The van der Waals surface area contributed by atoms with Crippen molar-refractivity contribution in [3.05, 3.63) is 70.8 Å². The molecule has 0 fully saturated rings. The third kappa shape index (κ3) is 5.47. The molecule has 0 aromatic heterocycles. The first-order valence-corrected chi connectivity index (χ1v) is 7.95. The Morgan fingerprint density at radius 2 is 1.81 bits per heavy atom. The lowest BCUT2D eigenvalue weighted by molar-refractivity contribution is -0.148. The summed E-state index contributed by atoms with van der Waals surface area (Å²) in [5.41, 5.74) is 1.40. The van der Waals surface area contributed by atoms with Crippen LogP contribution in [0.15, 0.2) is 48.0 Å². The Kier molecular flexibility index (Phi) is 6.39. The summed E-state index contributed by atoms with van der Waals surface area (Å²) in [5, 5.41) is 11.5. The summed E-state index contributed by atoms with van der Waals surface area (Å²) in [7, 11) is 0. The van der Waals surface area contributed by atoms with Crippen LogP contribution in [0.4, 0.5) is 14.5 Å². The minimum absolute atomic E-state index is 0.0116. The van der Waals surface area contributed by atoms with Gasteiger partial charge in [-0.05, 0) is 37.6 Å². The molecule has 5 nitrogen and oxygen atoms in total. The average Bonchev–Trinajstić information content (AvgIpc) is 2.64. The summed E-state index contributed by atoms with van der Waals surface area (Å²) in [6, 6.07) is 11.7. The molecule has 7 heteroatoms. The van der Waals surface area contributed by atoms with Gasteiger partial charge in [0.05, 0.1) is 0 Å². The minimum atomic E-state index is -1.25. The van der Waals surface area contributed by atoms with Gasteiger partial charge in [0, 0.05) is 11.8 Å². The average molecular weight is 370 g/mol. The largest absolute Gasteiger partial charge is 0.448 e. The summed E-state index contributed by atoms with van der Waals surface area (Å²) in [5.74, 6) is -3.88. The van der Waals surface area contributed by atoms with Crippen molar-refractivity contribution in [1.29, 1.82) is 5.26 Å². The van der Waals surface area contributed by atoms with E-state index in [9.17, 15) is 18.4 Å². The zero-order valence-corrected chi connectivity index (χ0v) is 14.6. The molecule has 0 aliphatic carbocycles. The molecular weight excluding hydrogens is 354 g/mol. The molecule has 0 unspecified atom stereocenters. The Labute approximate surface area is 154 Å². The molecule has 138 valence electrons. The predicted molar refractivity (Wildman–Crippen MR) is 95.3 cm³/mol. The van der Waals surface area contributed by atoms with E-state index in [1.165, 1.54) is 19.1 Å². The van der Waals surface area contributed by atoms with Crippen LogP contribution in [0.5, 0.6) is 0 Å². The van der Waals surface area contributed by atoms with E-state index in [1.807, 2.05) is 19.1 Å². The zero-order chi connectivity index (χ0) is 20.0. The van der Waals surface area contributed by atoms with Crippen molar-refractivity contribution in [2.75, 3.05) is 5.32 Å². The quantitative estimate of drug-likeness (QED) is 0.494. The molecule has 0 spiro atoms. The number of halogens is 2. The Balaban J connectivity index is 2.04. The van der Waals surface area contributed by atoms with E-state index in [4.69, 9.17) is 10.00 Å². The van der Waals surface area contributed by atoms with Crippen molar-refractivity contribution in [2.24, 2.45) is 0 Å². The molecular formula is C20H16F2N2O3. The number of nitriles is 1. The first-order chi connectivity index (χ1) is 12.8. The zero-order valence-electron chi connectivity index (χ0n) is 14.6. The van der Waals surface area contributed by atoms with Crippen molar-refractivity contribution in [3.8, 4) is 6.07 Å². The molecule has 0 aliphatic heterocycles. The normalized spacial score (nSPS) is 12.0. The molecule has 0 aliphatic rings. The number of rotatable bonds is 5. The van der Waals surface area contributed by atoms with Crippen LogP contribution in [-0.2, 0) is 14.3 Å². The summed E-state index contributed by atoms with van der Waals surface area (Å²) in [6.07, 6.45) is 0.0993. The maximum Gasteiger partial charge on any atom is 0.349 e. The number of nitrogens with zero attached hydrogens (tertiary/aromatic N) is 1. The van der Waals surface area contributed by atoms with Crippen LogP contribution in [0, 0.1) is 29.9 Å². The Morgan fingerprint density at radius 3 is 2.41 bits per heavy atom. The smallest absolute Gasteiger partial charge is 0.349 e. The monoisotopic (exact) mass is 370 g/mol. The number of anilines is 1. The lowest BCUT2D eigenvalue weighted by Crippen LogP contribution is -2.30. The van der Waals surface area contributed by atoms with E-state index in [2.05, 4.69) is 5.32 Å². The van der Waals surface area contributed by atoms with Crippen molar-refractivity contribution in [2.45, 2.75) is 20.0 Å². The number of carbonyl (C=O) groups excluding carboxylic acids is 2. The fraction of sp³-hybridized carbons (Fsp3) is 0.150. The maximum absolute atomic E-state index is 13.2. The third-order valence-corrected chi connectivity index (χ3v) is 3.57. The van der Waals surface area contributed by atoms with Gasteiger partial charge >= 0.3 is 5.97 Å². The van der Waals surface area contributed by atoms with E-state index in [0.717, 1.165) is 17.7 Å². The number of amides is 1. The second-order valence-electron chi connectivity index (χ2n) is 5.75. The van der Waals surface area contributed by atoms with E-state index in [0.29, 0.717) is 5.56 Å². The van der Waals surface area contributed by atoms with Gasteiger partial charge < -0.3 is 10.1 Å². The van der Waals surface area contributed by atoms with Gasteiger partial charge in [0.2, 0.25) is 0 Å². The Hall–Kier alpha value is -3.53. The van der Waals surface area contributed by atoms with Gasteiger partial charge in [0.25, 0.3) is 5.91 Å². The molecule has 0 radical (unpaired) electrons. The number of hydrogen-bond acceptors (Lipinski definition) is 4. The summed E-state index contributed by atoms with van der Waals surface area (Å²) in [4.78, 5) is 24.2. The molecule has 1 N–H and O–H groups in total. The number of nitrogens with one attached hydrogen (secondary N) is 1. The number of benzene rings is 2. The molecule has 27 heavy (non-hydrogen) atoms. The van der Waals surface area contributed by atoms with Crippen molar-refractivity contribution >= 4 is 23.6 Å². The van der Waals surface area contributed by atoms with Crippen LogP contribution >= 0.6 is 0 Å². The van der Waals surface area contributed by atoms with Gasteiger partial charge in [-0.3, -0.25) is 4.79 Å². The highest BCUT2D eigenvalue weighted by Crippen LogP contribution is 2.14. The molecule has 0 saturated carbocycles. The lowest BCUT2D eigenvalue weighted by atomic mass is 10.1. The number of ether oxygens (including phenoxy) is 1. The lowest BCUT2D eigenvalue weighted by Gasteiger charge is -2.13. The molecule has 0 heterocycles. The Bertz CT molecular complexity index is 931. The van der Waals surface area contributed by atoms with Crippen LogP contribution in [0.3, 0.4) is 0 Å². The van der Waals surface area contributed by atoms with Crippen LogP contribution in [0.1, 0.15) is 18.1 Å². The second-order valence-corrected chi connectivity index (χ2v) is 5.75. The van der Waals surface area contributed by atoms with E-state index in [-0.39, 0.29) is 11.3 Å². The molecule has 2 aromatic rings. The standard InChI is InChI=1S/C20H16F2N2O3/c1-12-3-5-14(6-4-12)9-15(11-23)20(26)27-13(2)19(25)24-16-7-8-17(21)18(22)10-16/h3-10,13H,1-2H3,(H,24,25)/b15-9+/t13-/m1/s1. The second kappa shape index (κ2) is 8.72. The summed E-state index contributed by atoms with van der Waals surface area (Å²) >= 11 is 0. The topological polar surface area (TPSA) is 79.2 Å². The maximum atomic E-state index is 13.2. The fourth-order valence-corrected chi connectivity index (χ4v) is 2.06. The summed E-state index contributed by atoms with van der Waals surface area (Å²) in [6.45, 7) is 3.20. The fourth-order valence-electron chi connectivity index (χ4n) is 2.06. The highest BCUT2D eigenvalue weighted by Gasteiger charge is 2.21. The summed E-state index contributed by atoms with van der Waals surface area (Å²) < 4.78 is 31.0.